The van der Waals surface area contributed by atoms with E-state index < -0.39 is 0 Å². The number of H-pyrrole nitrogens is 1. The molecule has 2 heterocycles. The molecule has 1 aliphatic rings. The Hall–Kier alpha value is -2.01. The molecule has 5 heteroatoms. The smallest absolute Gasteiger partial charge is 0.135 e. The van der Waals surface area contributed by atoms with E-state index in [1.807, 2.05) is 18.2 Å². The molecule has 0 atom stereocenters. The van der Waals surface area contributed by atoms with Crippen LogP contribution >= 0.6 is 11.8 Å². The number of nitrogens with two attached hydrogens (primary N) is 1. The molecule has 1 fully saturated rings. The Morgan fingerprint density at radius 3 is 2.80 bits per heavy atom. The van der Waals surface area contributed by atoms with Crippen LogP contribution in [0, 0.1) is 0 Å². The van der Waals surface area contributed by atoms with Gasteiger partial charge in [-0.15, -0.1) is 0 Å². The van der Waals surface area contributed by atoms with Crippen LogP contribution in [0.15, 0.2) is 46.5 Å². The highest BCUT2D eigenvalue weighted by Crippen LogP contribution is 2.39. The largest absolute Gasteiger partial charge is 0.384 e. The number of nitrogen functional groups attached to an aromatic ring is 1. The number of benzene rings is 1. The highest BCUT2D eigenvalue weighted by atomic mass is 32.2. The van der Waals surface area contributed by atoms with E-state index in [-0.39, 0.29) is 0 Å². The fourth-order valence-electron chi connectivity index (χ4n) is 2.25. The second kappa shape index (κ2) is 4.52. The first-order chi connectivity index (χ1) is 9.78. The third kappa shape index (κ3) is 2.25. The number of hydrogen-bond acceptors (Lipinski definition) is 4. The van der Waals surface area contributed by atoms with Gasteiger partial charge in [0, 0.05) is 22.9 Å². The zero-order valence-electron chi connectivity index (χ0n) is 10.8. The minimum atomic E-state index is 0.514. The molecule has 0 amide bonds. The van der Waals surface area contributed by atoms with E-state index in [9.17, 15) is 0 Å². The molecule has 0 spiro atoms. The van der Waals surface area contributed by atoms with Crippen molar-refractivity contribution >= 4 is 28.5 Å². The van der Waals surface area contributed by atoms with Crippen LogP contribution < -0.4 is 5.73 Å². The van der Waals surface area contributed by atoms with E-state index in [2.05, 4.69) is 33.2 Å². The van der Waals surface area contributed by atoms with Crippen LogP contribution in [0.5, 0.6) is 0 Å². The number of aromatic nitrogens is 3. The Labute approximate surface area is 120 Å². The Morgan fingerprint density at radius 2 is 2.00 bits per heavy atom. The molecule has 1 aromatic carbocycles. The first kappa shape index (κ1) is 11.8. The summed E-state index contributed by atoms with van der Waals surface area (Å²) in [6, 6.07) is 12.2. The van der Waals surface area contributed by atoms with Crippen LogP contribution in [0.2, 0.25) is 0 Å². The molecule has 3 aromatic rings. The van der Waals surface area contributed by atoms with Gasteiger partial charge in [0.15, 0.2) is 0 Å². The zero-order chi connectivity index (χ0) is 13.5. The summed E-state index contributed by atoms with van der Waals surface area (Å²) in [5.74, 6) is 1.96. The fourth-order valence-corrected chi connectivity index (χ4v) is 3.14. The Bertz CT molecular complexity index is 743. The monoisotopic (exact) mass is 282 g/mol. The number of hydrogen-bond donors (Lipinski definition) is 2. The van der Waals surface area contributed by atoms with Gasteiger partial charge < -0.3 is 10.7 Å². The quantitative estimate of drug-likeness (QED) is 0.721. The maximum absolute atomic E-state index is 5.88. The van der Waals surface area contributed by atoms with Crippen LogP contribution in [-0.2, 0) is 0 Å². The predicted octanol–water partition coefficient (Wildman–Crippen LogP) is 3.57. The molecule has 20 heavy (non-hydrogen) atoms. The lowest BCUT2D eigenvalue weighted by Gasteiger charge is -2.03. The van der Waals surface area contributed by atoms with Crippen molar-refractivity contribution in [2.45, 2.75) is 28.8 Å². The number of nitrogens with zero attached hydrogens (tertiary/aromatic N) is 2. The van der Waals surface area contributed by atoms with E-state index in [1.165, 1.54) is 18.2 Å². The lowest BCUT2D eigenvalue weighted by Crippen LogP contribution is -1.99. The van der Waals surface area contributed by atoms with Crippen molar-refractivity contribution in [3.8, 4) is 0 Å². The summed E-state index contributed by atoms with van der Waals surface area (Å²) in [7, 11) is 0. The number of fused-ring (bicyclic) bond motifs is 1. The van der Waals surface area contributed by atoms with Gasteiger partial charge >= 0.3 is 0 Å². The molecule has 0 unspecified atom stereocenters. The lowest BCUT2D eigenvalue weighted by molar-refractivity contribution is 0.883. The third-order valence-corrected chi connectivity index (χ3v) is 4.26. The second-order valence-electron chi connectivity index (χ2n) is 5.09. The van der Waals surface area contributed by atoms with E-state index in [0.717, 1.165) is 21.4 Å². The molecule has 1 aliphatic carbocycles. The number of nitrogens with one attached hydrogen (secondary N) is 1. The highest BCUT2D eigenvalue weighted by molar-refractivity contribution is 7.99. The molecule has 0 saturated heterocycles. The van der Waals surface area contributed by atoms with Gasteiger partial charge in [-0.3, -0.25) is 0 Å². The zero-order valence-corrected chi connectivity index (χ0v) is 11.7. The van der Waals surface area contributed by atoms with Gasteiger partial charge in [0.2, 0.25) is 0 Å². The maximum atomic E-state index is 5.88. The summed E-state index contributed by atoms with van der Waals surface area (Å²) in [5.41, 5.74) is 7.02. The molecule has 2 aromatic heterocycles. The molecule has 4 rings (SSSR count). The van der Waals surface area contributed by atoms with Gasteiger partial charge in [-0.1, -0.05) is 30.0 Å². The van der Waals surface area contributed by atoms with E-state index in [1.54, 1.807) is 11.8 Å². The Balaban J connectivity index is 1.67. The standard InChI is InChI=1S/C15H14N4S/c16-12-8-14(19-15(18-12)9-5-6-9)20-13-7-10-3-1-2-4-11(10)17-13/h1-4,7-9,17H,5-6H2,(H2,16,18,19). The predicted molar refractivity (Wildman–Crippen MR) is 80.8 cm³/mol. The molecular formula is C15H14N4S. The highest BCUT2D eigenvalue weighted by Gasteiger charge is 2.27. The lowest BCUT2D eigenvalue weighted by atomic mass is 10.3. The van der Waals surface area contributed by atoms with Crippen molar-refractivity contribution in [1.82, 2.24) is 15.0 Å². The van der Waals surface area contributed by atoms with E-state index in [4.69, 9.17) is 5.73 Å². The topological polar surface area (TPSA) is 67.6 Å². The van der Waals surface area contributed by atoms with Crippen molar-refractivity contribution in [3.63, 3.8) is 0 Å². The van der Waals surface area contributed by atoms with Gasteiger partial charge in [0.1, 0.15) is 16.7 Å². The molecule has 100 valence electrons. The van der Waals surface area contributed by atoms with Crippen LogP contribution in [0.4, 0.5) is 5.82 Å². The second-order valence-corrected chi connectivity index (χ2v) is 6.15. The normalized spacial score (nSPS) is 14.8. The minimum absolute atomic E-state index is 0.514. The summed E-state index contributed by atoms with van der Waals surface area (Å²) in [5, 5.41) is 3.19. The number of rotatable bonds is 3. The van der Waals surface area contributed by atoms with Crippen molar-refractivity contribution < 1.29 is 0 Å². The first-order valence-corrected chi connectivity index (χ1v) is 7.50. The molecule has 0 bridgehead atoms. The van der Waals surface area contributed by atoms with Gasteiger partial charge in [-0.2, -0.15) is 0 Å². The van der Waals surface area contributed by atoms with E-state index in [0.29, 0.717) is 11.7 Å². The summed E-state index contributed by atoms with van der Waals surface area (Å²) >= 11 is 1.60. The van der Waals surface area contributed by atoms with Gasteiger partial charge in [0.25, 0.3) is 0 Å². The van der Waals surface area contributed by atoms with Gasteiger partial charge in [0.05, 0.1) is 5.03 Å². The number of anilines is 1. The van der Waals surface area contributed by atoms with Crippen LogP contribution in [0.1, 0.15) is 24.6 Å². The minimum Gasteiger partial charge on any atom is -0.384 e. The molecule has 3 N–H and O–H groups in total. The summed E-state index contributed by atoms with van der Waals surface area (Å²) < 4.78 is 0. The third-order valence-electron chi connectivity index (χ3n) is 3.40. The first-order valence-electron chi connectivity index (χ1n) is 6.68. The van der Waals surface area contributed by atoms with Crippen LogP contribution in [0.25, 0.3) is 10.9 Å². The van der Waals surface area contributed by atoms with Gasteiger partial charge in [-0.05, 0) is 25.0 Å². The summed E-state index contributed by atoms with van der Waals surface area (Å²) in [4.78, 5) is 12.3. The fraction of sp³-hybridized carbons (Fsp3) is 0.200. The van der Waals surface area contributed by atoms with Crippen molar-refractivity contribution in [1.29, 1.82) is 0 Å². The number of para-hydroxylation sites is 1. The van der Waals surface area contributed by atoms with Crippen molar-refractivity contribution in [2.24, 2.45) is 0 Å². The molecule has 4 nitrogen and oxygen atoms in total. The summed E-state index contributed by atoms with van der Waals surface area (Å²) in [6.45, 7) is 0. The average Bonchev–Trinajstić information content (AvgIpc) is 3.19. The van der Waals surface area contributed by atoms with Crippen LogP contribution in [0.3, 0.4) is 0 Å². The summed E-state index contributed by atoms with van der Waals surface area (Å²) in [6.07, 6.45) is 2.36. The Morgan fingerprint density at radius 1 is 1.15 bits per heavy atom. The Kier molecular flexibility index (Phi) is 2.67. The molecule has 0 radical (unpaired) electrons. The molecule has 1 saturated carbocycles. The van der Waals surface area contributed by atoms with Gasteiger partial charge in [-0.25, -0.2) is 9.97 Å². The number of aromatic amines is 1. The van der Waals surface area contributed by atoms with Crippen molar-refractivity contribution in [3.05, 3.63) is 42.2 Å². The molecular weight excluding hydrogens is 268 g/mol. The van der Waals surface area contributed by atoms with Crippen LogP contribution in [-0.4, -0.2) is 15.0 Å². The average molecular weight is 282 g/mol. The molecule has 0 aliphatic heterocycles. The SMILES string of the molecule is Nc1cc(Sc2cc3ccccc3[nH]2)nc(C2CC2)n1. The maximum Gasteiger partial charge on any atom is 0.135 e. The van der Waals surface area contributed by atoms with E-state index >= 15 is 0 Å². The van der Waals surface area contributed by atoms with Crippen molar-refractivity contribution in [2.75, 3.05) is 5.73 Å².